The molecule has 0 aliphatic carbocycles. The number of hydrogen-bond acceptors (Lipinski definition) is 5. The SMILES string of the molecule is CCc1nc(C)c(C(=O)N2CCNC(=O)[C@H]2Cc2cnc[nH]2)s1. The van der Waals surface area contributed by atoms with Crippen molar-refractivity contribution in [3.8, 4) is 0 Å². The van der Waals surface area contributed by atoms with Crippen LogP contribution in [0.25, 0.3) is 0 Å². The van der Waals surface area contributed by atoms with Crippen molar-refractivity contribution in [1.82, 2.24) is 25.2 Å². The summed E-state index contributed by atoms with van der Waals surface area (Å²) < 4.78 is 0. The summed E-state index contributed by atoms with van der Waals surface area (Å²) in [6.07, 6.45) is 4.48. The molecule has 1 aliphatic rings. The maximum absolute atomic E-state index is 12.9. The highest BCUT2D eigenvalue weighted by atomic mass is 32.1. The number of aromatic amines is 1. The third kappa shape index (κ3) is 3.12. The van der Waals surface area contributed by atoms with Crippen molar-refractivity contribution in [2.45, 2.75) is 32.7 Å². The zero-order chi connectivity index (χ0) is 16.4. The number of aryl methyl sites for hydroxylation is 2. The Morgan fingerprint density at radius 1 is 1.52 bits per heavy atom. The minimum atomic E-state index is -0.525. The van der Waals surface area contributed by atoms with Gasteiger partial charge in [0.05, 0.1) is 17.0 Å². The molecule has 2 N–H and O–H groups in total. The molecular weight excluding hydrogens is 314 g/mol. The van der Waals surface area contributed by atoms with Gasteiger partial charge in [0.2, 0.25) is 5.91 Å². The lowest BCUT2D eigenvalue weighted by Crippen LogP contribution is -2.58. The van der Waals surface area contributed by atoms with Gasteiger partial charge in [-0.2, -0.15) is 0 Å². The lowest BCUT2D eigenvalue weighted by Gasteiger charge is -2.34. The Morgan fingerprint density at radius 2 is 2.35 bits per heavy atom. The second-order valence-electron chi connectivity index (χ2n) is 5.46. The fourth-order valence-electron chi connectivity index (χ4n) is 2.70. The van der Waals surface area contributed by atoms with Crippen LogP contribution in [-0.4, -0.2) is 50.8 Å². The van der Waals surface area contributed by atoms with Crippen LogP contribution in [-0.2, 0) is 17.6 Å². The first-order valence-corrected chi connectivity index (χ1v) is 8.44. The van der Waals surface area contributed by atoms with E-state index < -0.39 is 6.04 Å². The fraction of sp³-hybridized carbons (Fsp3) is 0.467. The summed E-state index contributed by atoms with van der Waals surface area (Å²) in [5, 5.41) is 3.77. The summed E-state index contributed by atoms with van der Waals surface area (Å²) in [5.74, 6) is -0.240. The molecule has 0 spiro atoms. The average molecular weight is 333 g/mol. The van der Waals surface area contributed by atoms with Crippen LogP contribution in [0.1, 0.15) is 33.0 Å². The highest BCUT2D eigenvalue weighted by Gasteiger charge is 2.35. The second kappa shape index (κ2) is 6.49. The first-order chi connectivity index (χ1) is 11.1. The largest absolute Gasteiger partial charge is 0.353 e. The maximum atomic E-state index is 12.9. The molecule has 1 atom stereocenters. The molecule has 8 heteroatoms. The predicted molar refractivity (Wildman–Crippen MR) is 86.4 cm³/mol. The van der Waals surface area contributed by atoms with E-state index in [1.165, 1.54) is 11.3 Å². The smallest absolute Gasteiger partial charge is 0.266 e. The second-order valence-corrected chi connectivity index (χ2v) is 6.55. The molecule has 1 aliphatic heterocycles. The van der Waals surface area contributed by atoms with E-state index in [0.29, 0.717) is 24.4 Å². The van der Waals surface area contributed by atoms with Crippen LogP contribution < -0.4 is 5.32 Å². The van der Waals surface area contributed by atoms with Crippen LogP contribution in [0.5, 0.6) is 0 Å². The molecule has 0 bridgehead atoms. The van der Waals surface area contributed by atoms with Crippen LogP contribution in [0.15, 0.2) is 12.5 Å². The summed E-state index contributed by atoms with van der Waals surface area (Å²) in [6.45, 7) is 4.84. The molecule has 122 valence electrons. The van der Waals surface area contributed by atoms with Crippen LogP contribution >= 0.6 is 11.3 Å². The van der Waals surface area contributed by atoms with E-state index in [2.05, 4.69) is 20.3 Å². The Labute approximate surface area is 138 Å². The number of rotatable bonds is 4. The van der Waals surface area contributed by atoms with Crippen molar-refractivity contribution in [3.63, 3.8) is 0 Å². The van der Waals surface area contributed by atoms with Crippen LogP contribution in [0, 0.1) is 6.92 Å². The molecule has 1 saturated heterocycles. The summed E-state index contributed by atoms with van der Waals surface area (Å²) >= 11 is 1.42. The number of carbonyl (C=O) groups is 2. The lowest BCUT2D eigenvalue weighted by atomic mass is 10.1. The molecule has 3 heterocycles. The molecule has 23 heavy (non-hydrogen) atoms. The number of hydrogen-bond donors (Lipinski definition) is 2. The molecule has 2 aromatic rings. The van der Waals surface area contributed by atoms with Gasteiger partial charge in [-0.15, -0.1) is 11.3 Å². The summed E-state index contributed by atoms with van der Waals surface area (Å²) in [6, 6.07) is -0.525. The van der Waals surface area contributed by atoms with Crippen molar-refractivity contribution in [2.75, 3.05) is 13.1 Å². The van der Waals surface area contributed by atoms with Crippen molar-refractivity contribution >= 4 is 23.2 Å². The van der Waals surface area contributed by atoms with Gasteiger partial charge in [0.15, 0.2) is 0 Å². The average Bonchev–Trinajstić information content (AvgIpc) is 3.18. The van der Waals surface area contributed by atoms with Crippen molar-refractivity contribution < 1.29 is 9.59 Å². The topological polar surface area (TPSA) is 91.0 Å². The van der Waals surface area contributed by atoms with Gasteiger partial charge in [-0.25, -0.2) is 9.97 Å². The first-order valence-electron chi connectivity index (χ1n) is 7.62. The van der Waals surface area contributed by atoms with Gasteiger partial charge < -0.3 is 15.2 Å². The van der Waals surface area contributed by atoms with E-state index in [0.717, 1.165) is 22.8 Å². The minimum absolute atomic E-state index is 0.112. The van der Waals surface area contributed by atoms with Gasteiger partial charge in [-0.3, -0.25) is 9.59 Å². The van der Waals surface area contributed by atoms with Gasteiger partial charge >= 0.3 is 0 Å². The summed E-state index contributed by atoms with van der Waals surface area (Å²) in [4.78, 5) is 38.8. The number of H-pyrrole nitrogens is 1. The molecular formula is C15H19N5O2S. The number of carbonyl (C=O) groups excluding carboxylic acids is 2. The van der Waals surface area contributed by atoms with E-state index in [-0.39, 0.29) is 11.8 Å². The normalized spacial score (nSPS) is 18.1. The van der Waals surface area contributed by atoms with Crippen molar-refractivity contribution in [1.29, 1.82) is 0 Å². The van der Waals surface area contributed by atoms with Gasteiger partial charge in [-0.1, -0.05) is 6.92 Å². The van der Waals surface area contributed by atoms with Crippen molar-refractivity contribution in [2.24, 2.45) is 0 Å². The van der Waals surface area contributed by atoms with Gasteiger partial charge in [0.25, 0.3) is 5.91 Å². The number of thiazole rings is 1. The van der Waals surface area contributed by atoms with Crippen LogP contribution in [0.2, 0.25) is 0 Å². The Balaban J connectivity index is 1.86. The van der Waals surface area contributed by atoms with Gasteiger partial charge in [0.1, 0.15) is 10.9 Å². The number of nitrogens with one attached hydrogen (secondary N) is 2. The lowest BCUT2D eigenvalue weighted by molar-refractivity contribution is -0.127. The molecule has 0 aromatic carbocycles. The van der Waals surface area contributed by atoms with Gasteiger partial charge in [0, 0.05) is 31.4 Å². The number of amides is 2. The summed E-state index contributed by atoms with van der Waals surface area (Å²) in [5.41, 5.74) is 1.57. The highest BCUT2D eigenvalue weighted by molar-refractivity contribution is 7.13. The van der Waals surface area contributed by atoms with E-state index in [4.69, 9.17) is 0 Å². The first kappa shape index (κ1) is 15.7. The molecule has 3 rings (SSSR count). The zero-order valence-corrected chi connectivity index (χ0v) is 13.9. The predicted octanol–water partition coefficient (Wildman–Crippen LogP) is 0.920. The zero-order valence-electron chi connectivity index (χ0n) is 13.1. The monoisotopic (exact) mass is 333 g/mol. The molecule has 2 amide bonds. The molecule has 0 radical (unpaired) electrons. The molecule has 0 saturated carbocycles. The quantitative estimate of drug-likeness (QED) is 0.870. The van der Waals surface area contributed by atoms with Gasteiger partial charge in [-0.05, 0) is 13.3 Å². The fourth-order valence-corrected chi connectivity index (χ4v) is 3.66. The Bertz CT molecular complexity index is 710. The van der Waals surface area contributed by atoms with Crippen molar-refractivity contribution in [3.05, 3.63) is 33.8 Å². The maximum Gasteiger partial charge on any atom is 0.266 e. The van der Waals surface area contributed by atoms with E-state index >= 15 is 0 Å². The Hall–Kier alpha value is -2.22. The van der Waals surface area contributed by atoms with Crippen LogP contribution in [0.4, 0.5) is 0 Å². The number of piperazine rings is 1. The highest BCUT2D eigenvalue weighted by Crippen LogP contribution is 2.23. The van der Waals surface area contributed by atoms with E-state index in [9.17, 15) is 9.59 Å². The molecule has 2 aromatic heterocycles. The van der Waals surface area contributed by atoms with Crippen LogP contribution in [0.3, 0.4) is 0 Å². The molecule has 0 unspecified atom stereocenters. The standard InChI is InChI=1S/C15H19N5O2S/c1-3-12-19-9(2)13(23-12)15(22)20-5-4-17-14(21)11(20)6-10-7-16-8-18-10/h7-8,11H,3-6H2,1-2H3,(H,16,18)(H,17,21)/t11-/m1/s1. The van der Waals surface area contributed by atoms with E-state index in [1.54, 1.807) is 17.4 Å². The molecule has 1 fully saturated rings. The van der Waals surface area contributed by atoms with E-state index in [1.807, 2.05) is 13.8 Å². The Morgan fingerprint density at radius 3 is 3.00 bits per heavy atom. The third-order valence-electron chi connectivity index (χ3n) is 3.90. The number of nitrogens with zero attached hydrogens (tertiary/aromatic N) is 3. The third-order valence-corrected chi connectivity index (χ3v) is 5.19. The number of imidazole rings is 1. The Kier molecular flexibility index (Phi) is 4.42. The summed E-state index contributed by atoms with van der Waals surface area (Å²) in [7, 11) is 0. The minimum Gasteiger partial charge on any atom is -0.353 e. The molecule has 7 nitrogen and oxygen atoms in total. The number of aromatic nitrogens is 3.